The summed E-state index contributed by atoms with van der Waals surface area (Å²) in [6.07, 6.45) is 0. The van der Waals surface area contributed by atoms with E-state index in [2.05, 4.69) is 47.7 Å². The van der Waals surface area contributed by atoms with Crippen molar-refractivity contribution in [2.24, 2.45) is 0 Å². The lowest BCUT2D eigenvalue weighted by Crippen LogP contribution is -2.24. The molecule has 96 valence electrons. The zero-order valence-corrected chi connectivity index (χ0v) is 11.8. The van der Waals surface area contributed by atoms with Gasteiger partial charge in [0.25, 0.3) is 0 Å². The molecule has 0 saturated heterocycles. The van der Waals surface area contributed by atoms with Gasteiger partial charge < -0.3 is 4.57 Å². The third-order valence-electron chi connectivity index (χ3n) is 3.32. The van der Waals surface area contributed by atoms with Crippen molar-refractivity contribution in [3.05, 3.63) is 47.5 Å². The summed E-state index contributed by atoms with van der Waals surface area (Å²) in [4.78, 5) is 0. The van der Waals surface area contributed by atoms with Gasteiger partial charge in [-0.1, -0.05) is 30.3 Å². The van der Waals surface area contributed by atoms with Crippen molar-refractivity contribution < 1.29 is 0 Å². The molecule has 0 spiro atoms. The van der Waals surface area contributed by atoms with Crippen LogP contribution >= 0.6 is 11.6 Å². The van der Waals surface area contributed by atoms with E-state index in [4.69, 9.17) is 11.6 Å². The predicted octanol–water partition coefficient (Wildman–Crippen LogP) is 3.36. The fourth-order valence-electron chi connectivity index (χ4n) is 2.21. The number of halogens is 1. The van der Waals surface area contributed by atoms with E-state index in [1.807, 2.05) is 18.2 Å². The second-order valence-electron chi connectivity index (χ2n) is 4.81. The molecule has 18 heavy (non-hydrogen) atoms. The fraction of sp³-hybridized carbons (Fsp3) is 0.429. The van der Waals surface area contributed by atoms with Crippen LogP contribution in [0.25, 0.3) is 0 Å². The van der Waals surface area contributed by atoms with Crippen molar-refractivity contribution in [3.63, 3.8) is 0 Å². The number of alkyl halides is 1. The van der Waals surface area contributed by atoms with Gasteiger partial charge in [0.15, 0.2) is 0 Å². The molecule has 1 aromatic heterocycles. The molecule has 0 bridgehead atoms. The highest BCUT2D eigenvalue weighted by Gasteiger charge is 2.29. The summed E-state index contributed by atoms with van der Waals surface area (Å²) in [6.45, 7) is 7.25. The summed E-state index contributed by atoms with van der Waals surface area (Å²) in [7, 11) is 0. The van der Waals surface area contributed by atoms with Crippen LogP contribution in [-0.4, -0.2) is 14.8 Å². The van der Waals surface area contributed by atoms with Crippen molar-refractivity contribution in [2.75, 3.05) is 0 Å². The molecule has 0 unspecified atom stereocenters. The van der Waals surface area contributed by atoms with Gasteiger partial charge in [0.1, 0.15) is 11.6 Å². The average molecular weight is 264 g/mol. The number of aromatic nitrogens is 3. The van der Waals surface area contributed by atoms with Gasteiger partial charge in [-0.15, -0.1) is 21.8 Å². The Morgan fingerprint density at radius 1 is 1.17 bits per heavy atom. The number of rotatable bonds is 4. The summed E-state index contributed by atoms with van der Waals surface area (Å²) in [5, 5.41) is 8.51. The van der Waals surface area contributed by atoms with E-state index in [1.165, 1.54) is 5.56 Å². The van der Waals surface area contributed by atoms with Crippen LogP contribution in [0.3, 0.4) is 0 Å². The molecule has 2 rings (SSSR count). The SMILES string of the molecule is CCn1c(CCl)nnc1C(C)(C)c1ccccc1. The average Bonchev–Trinajstić information content (AvgIpc) is 2.83. The molecule has 0 radical (unpaired) electrons. The van der Waals surface area contributed by atoms with Gasteiger partial charge in [-0.05, 0) is 26.3 Å². The summed E-state index contributed by atoms with van der Waals surface area (Å²) in [5.41, 5.74) is 1.06. The molecule has 0 amide bonds. The minimum Gasteiger partial charge on any atom is -0.314 e. The Balaban J connectivity index is 2.51. The smallest absolute Gasteiger partial charge is 0.147 e. The predicted molar refractivity (Wildman–Crippen MR) is 73.8 cm³/mol. The number of benzene rings is 1. The molecule has 0 aliphatic heterocycles. The van der Waals surface area contributed by atoms with Gasteiger partial charge >= 0.3 is 0 Å². The van der Waals surface area contributed by atoms with E-state index in [0.717, 1.165) is 18.2 Å². The van der Waals surface area contributed by atoms with E-state index < -0.39 is 0 Å². The van der Waals surface area contributed by atoms with E-state index in [1.54, 1.807) is 0 Å². The Bertz CT molecular complexity index is 517. The molecule has 0 N–H and O–H groups in total. The Labute approximate surface area is 113 Å². The number of hydrogen-bond donors (Lipinski definition) is 0. The Morgan fingerprint density at radius 3 is 2.39 bits per heavy atom. The molecular formula is C14H18ClN3. The molecule has 0 aliphatic rings. The lowest BCUT2D eigenvalue weighted by molar-refractivity contribution is 0.535. The highest BCUT2D eigenvalue weighted by atomic mass is 35.5. The molecule has 0 aliphatic carbocycles. The first kappa shape index (κ1) is 13.1. The maximum Gasteiger partial charge on any atom is 0.147 e. The fourth-order valence-corrected chi connectivity index (χ4v) is 2.41. The van der Waals surface area contributed by atoms with Gasteiger partial charge in [-0.2, -0.15) is 0 Å². The quantitative estimate of drug-likeness (QED) is 0.792. The highest BCUT2D eigenvalue weighted by molar-refractivity contribution is 6.16. The molecule has 0 fully saturated rings. The summed E-state index contributed by atoms with van der Waals surface area (Å²) in [6, 6.07) is 10.4. The summed E-state index contributed by atoms with van der Waals surface area (Å²) >= 11 is 5.90. The minimum atomic E-state index is -0.172. The van der Waals surface area contributed by atoms with E-state index in [0.29, 0.717) is 5.88 Å². The molecule has 1 heterocycles. The Kier molecular flexibility index (Phi) is 3.71. The van der Waals surface area contributed by atoms with Gasteiger partial charge in [-0.3, -0.25) is 0 Å². The second kappa shape index (κ2) is 5.11. The van der Waals surface area contributed by atoms with Crippen molar-refractivity contribution in [1.82, 2.24) is 14.8 Å². The third kappa shape index (κ3) is 2.15. The van der Waals surface area contributed by atoms with Gasteiger partial charge in [-0.25, -0.2) is 0 Å². The van der Waals surface area contributed by atoms with Crippen LogP contribution in [0.4, 0.5) is 0 Å². The van der Waals surface area contributed by atoms with Crippen LogP contribution in [0.1, 0.15) is 38.0 Å². The molecule has 0 saturated carbocycles. The molecular weight excluding hydrogens is 246 g/mol. The standard InChI is InChI=1S/C14H18ClN3/c1-4-18-12(10-15)16-17-13(18)14(2,3)11-8-6-5-7-9-11/h5-9H,4,10H2,1-3H3. The zero-order valence-electron chi connectivity index (χ0n) is 11.0. The normalized spacial score (nSPS) is 11.8. The lowest BCUT2D eigenvalue weighted by Gasteiger charge is -2.25. The molecule has 2 aromatic rings. The molecule has 4 heteroatoms. The van der Waals surface area contributed by atoms with Gasteiger partial charge in [0.05, 0.1) is 5.88 Å². The highest BCUT2D eigenvalue weighted by Crippen LogP contribution is 2.30. The van der Waals surface area contributed by atoms with Crippen molar-refractivity contribution >= 4 is 11.6 Å². The number of nitrogens with zero attached hydrogens (tertiary/aromatic N) is 3. The van der Waals surface area contributed by atoms with E-state index in [9.17, 15) is 0 Å². The van der Waals surface area contributed by atoms with Crippen LogP contribution in [0.2, 0.25) is 0 Å². The second-order valence-corrected chi connectivity index (χ2v) is 5.08. The molecule has 0 atom stereocenters. The summed E-state index contributed by atoms with van der Waals surface area (Å²) in [5.74, 6) is 2.19. The first-order valence-corrected chi connectivity index (χ1v) is 6.68. The van der Waals surface area contributed by atoms with Gasteiger partial charge in [0.2, 0.25) is 0 Å². The minimum absolute atomic E-state index is 0.172. The van der Waals surface area contributed by atoms with Crippen molar-refractivity contribution in [2.45, 2.75) is 38.6 Å². The van der Waals surface area contributed by atoms with Gasteiger partial charge in [0, 0.05) is 12.0 Å². The topological polar surface area (TPSA) is 30.7 Å². The zero-order chi connectivity index (χ0) is 13.2. The van der Waals surface area contributed by atoms with Crippen LogP contribution < -0.4 is 0 Å². The summed E-state index contributed by atoms with van der Waals surface area (Å²) < 4.78 is 2.10. The monoisotopic (exact) mass is 263 g/mol. The first-order chi connectivity index (χ1) is 8.61. The van der Waals surface area contributed by atoms with E-state index in [-0.39, 0.29) is 5.41 Å². The maximum atomic E-state index is 5.90. The lowest BCUT2D eigenvalue weighted by atomic mass is 9.83. The Morgan fingerprint density at radius 2 is 1.83 bits per heavy atom. The van der Waals surface area contributed by atoms with Crippen LogP contribution in [0.15, 0.2) is 30.3 Å². The largest absolute Gasteiger partial charge is 0.314 e. The molecule has 1 aromatic carbocycles. The van der Waals surface area contributed by atoms with Crippen LogP contribution in [0, 0.1) is 0 Å². The van der Waals surface area contributed by atoms with Crippen molar-refractivity contribution in [3.8, 4) is 0 Å². The third-order valence-corrected chi connectivity index (χ3v) is 3.56. The molecule has 3 nitrogen and oxygen atoms in total. The van der Waals surface area contributed by atoms with E-state index >= 15 is 0 Å². The Hall–Kier alpha value is -1.35. The maximum absolute atomic E-state index is 5.90. The van der Waals surface area contributed by atoms with Crippen LogP contribution in [-0.2, 0) is 17.8 Å². The number of hydrogen-bond acceptors (Lipinski definition) is 2. The van der Waals surface area contributed by atoms with Crippen molar-refractivity contribution in [1.29, 1.82) is 0 Å². The van der Waals surface area contributed by atoms with Crippen LogP contribution in [0.5, 0.6) is 0 Å². The first-order valence-electron chi connectivity index (χ1n) is 6.15.